The number of phenolic OH excluding ortho intramolecular Hbond substituents is 1. The van der Waals surface area contributed by atoms with Crippen molar-refractivity contribution in [3.05, 3.63) is 89.0 Å². The number of aromatic hydroxyl groups is 1. The van der Waals surface area contributed by atoms with Crippen LogP contribution in [0.3, 0.4) is 0 Å². The number of benzene rings is 3. The molecule has 1 aliphatic carbocycles. The van der Waals surface area contributed by atoms with Gasteiger partial charge >= 0.3 is 29.6 Å². The number of amides is 8. The fourth-order valence-electron chi connectivity index (χ4n) is 11.6. The van der Waals surface area contributed by atoms with Crippen LogP contribution >= 0.6 is 12.3 Å². The summed E-state index contributed by atoms with van der Waals surface area (Å²) in [5.41, 5.74) is 9.15. The van der Waals surface area contributed by atoms with Crippen LogP contribution in [-0.4, -0.2) is 222 Å². The smallest absolute Gasteiger partial charge is 0.691 e. The molecule has 4 heterocycles. The van der Waals surface area contributed by atoms with Gasteiger partial charge in [-0.2, -0.15) is 0 Å². The first-order chi connectivity index (χ1) is 40.5. The number of anilines is 1. The van der Waals surface area contributed by atoms with Gasteiger partial charge in [-0.1, -0.05) is 37.3 Å². The molecule has 4 aliphatic heterocycles. The normalized spacial score (nSPS) is 27.6. The molecular formula is C55H71N10NaO19S. The molecule has 5 aliphatic rings. The minimum Gasteiger partial charge on any atom is -0.691 e. The molecule has 13 atom stereocenters. The minimum absolute atomic E-state index is 0. The quantitative estimate of drug-likeness (QED) is 0.0221. The number of primary amides is 1. The van der Waals surface area contributed by atoms with Crippen molar-refractivity contribution >= 4 is 65.3 Å². The molecule has 4 saturated heterocycles. The molecule has 4 fully saturated rings. The summed E-state index contributed by atoms with van der Waals surface area (Å²) in [5.74, 6) is -10.9. The van der Waals surface area contributed by atoms with Crippen molar-refractivity contribution in [2.45, 2.75) is 131 Å². The molecule has 0 bridgehead atoms. The van der Waals surface area contributed by atoms with E-state index in [1.807, 2.05) is 0 Å². The van der Waals surface area contributed by atoms with E-state index < -0.39 is 177 Å². The van der Waals surface area contributed by atoms with Gasteiger partial charge in [0.25, 0.3) is 18.2 Å². The molecule has 0 aromatic heterocycles. The van der Waals surface area contributed by atoms with E-state index >= 15 is 0 Å². The number of piperazine rings is 1. The molecule has 29 nitrogen and oxygen atoms in total. The summed E-state index contributed by atoms with van der Waals surface area (Å²) in [6, 6.07) is 7.39. The van der Waals surface area contributed by atoms with Crippen molar-refractivity contribution in [2.75, 3.05) is 50.7 Å². The van der Waals surface area contributed by atoms with Crippen LogP contribution in [0.25, 0.3) is 0 Å². The van der Waals surface area contributed by atoms with E-state index in [9.17, 15) is 79.4 Å². The van der Waals surface area contributed by atoms with Crippen LogP contribution in [0.5, 0.6) is 11.5 Å². The summed E-state index contributed by atoms with van der Waals surface area (Å²) in [6.45, 7) is 4.05. The predicted molar refractivity (Wildman–Crippen MR) is 295 cm³/mol. The molecule has 0 saturated carbocycles. The second-order valence-electron chi connectivity index (χ2n) is 22.2. The van der Waals surface area contributed by atoms with Gasteiger partial charge < -0.3 is 92.2 Å². The van der Waals surface area contributed by atoms with Crippen molar-refractivity contribution < 1.29 is 122 Å². The van der Waals surface area contributed by atoms with Crippen LogP contribution in [0.4, 0.5) is 5.69 Å². The molecule has 3 aromatic carbocycles. The van der Waals surface area contributed by atoms with E-state index in [4.69, 9.17) is 9.92 Å². The molecule has 0 spiro atoms. The Kier molecular flexibility index (Phi) is 23.6. The van der Waals surface area contributed by atoms with E-state index in [1.165, 1.54) is 24.1 Å². The molecule has 8 rings (SSSR count). The number of hydrogen-bond donors (Lipinski definition) is 13. The maximum atomic E-state index is 14.7. The van der Waals surface area contributed by atoms with Crippen molar-refractivity contribution in [1.29, 1.82) is 0 Å². The van der Waals surface area contributed by atoms with Gasteiger partial charge in [-0.15, -0.1) is 4.33 Å². The fraction of sp³-hybridized carbons (Fsp3) is 0.527. The number of β-amino-alcohol motifs (C(OH)–C–C–N with tert-alkyl or cyclic N) is 1. The van der Waals surface area contributed by atoms with Crippen LogP contribution < -0.4 is 76.2 Å². The standard InChI is InChI=1S/C55H72N10O19S.Na/c1-27-25-65-47(48(27)73)53(78)57-24-35(67)21-37(58-49(74)30-8-10-33(11-9-30)62-13-15-63(16-14-62)34-19-31-5-3-4-6-32(31)20-34)50(75)59-44(28(2)66)54(79)64-26-36(68)22-38(64)51(76)60-45(52(77)61-46(55(65)80)41(71)23-43(56)72)40(70)17-29-7-12-39(69)42(18-29)82-85-84-83-81;/h3-12,18,27-28,34-38,40-41,44-48,66-71,73,81H,13-17,19-26H2,1-2H3,(H2,56,72)(H,57,78)(H,58,74)(H,59,75)(H,60,76)(H,61,77);/q;+1/p-1/t27?,28?,35?,36?,37-,38?,40?,41?,44?,45?,46?,47?,48?;/m0./s1. The average molecular weight is 1230 g/mol. The van der Waals surface area contributed by atoms with Gasteiger partial charge in [0.1, 0.15) is 36.3 Å². The number of aliphatic hydroxyl groups is 6. The summed E-state index contributed by atoms with van der Waals surface area (Å²) >= 11 is 0.000851. The van der Waals surface area contributed by atoms with Crippen LogP contribution in [0, 0.1) is 5.92 Å². The maximum Gasteiger partial charge on any atom is 1.00 e. The Labute approximate surface area is 520 Å². The minimum atomic E-state index is -2.21. The number of carbonyl (C=O) groups is 8. The molecule has 12 unspecified atom stereocenters. The average Bonchev–Trinajstić information content (AvgIpc) is 2.37. The van der Waals surface area contributed by atoms with Crippen LogP contribution in [0.15, 0.2) is 66.7 Å². The molecule has 31 heteroatoms. The number of nitrogens with zero attached hydrogens (tertiary/aromatic N) is 4. The van der Waals surface area contributed by atoms with Gasteiger partial charge in [0.15, 0.2) is 11.5 Å². The first-order valence-electron chi connectivity index (χ1n) is 27.8. The number of rotatable bonds is 15. The Morgan fingerprint density at radius 2 is 1.42 bits per heavy atom. The van der Waals surface area contributed by atoms with Gasteiger partial charge in [-0.25, -0.2) is 0 Å². The Balaban J connectivity index is 0.0000106. The number of nitrogens with one attached hydrogen (secondary N) is 5. The largest absolute Gasteiger partial charge is 1.00 e. The predicted octanol–water partition coefficient (Wildman–Crippen LogP) is -8.33. The Morgan fingerprint density at radius 1 is 0.779 bits per heavy atom. The summed E-state index contributed by atoms with van der Waals surface area (Å²) in [7, 11) is 0. The zero-order valence-electron chi connectivity index (χ0n) is 47.4. The van der Waals surface area contributed by atoms with Gasteiger partial charge in [0, 0.05) is 88.3 Å². The third-order valence-electron chi connectivity index (χ3n) is 16.2. The molecule has 14 N–H and O–H groups in total. The molecule has 86 heavy (non-hydrogen) atoms. The summed E-state index contributed by atoms with van der Waals surface area (Å²) in [5, 5.41) is 104. The molecule has 0 radical (unpaired) electrons. The third kappa shape index (κ3) is 16.3. The van der Waals surface area contributed by atoms with Crippen molar-refractivity contribution in [2.24, 2.45) is 11.7 Å². The molecular weight excluding hydrogens is 1160 g/mol. The Hall–Kier alpha value is -6.23. The van der Waals surface area contributed by atoms with Gasteiger partial charge in [-0.3, -0.25) is 48.3 Å². The Bertz CT molecular complexity index is 2900. The first kappa shape index (κ1) is 67.3. The monoisotopic (exact) mass is 1230 g/mol. The van der Waals surface area contributed by atoms with E-state index in [0.29, 0.717) is 6.04 Å². The van der Waals surface area contributed by atoms with E-state index in [0.717, 1.165) is 73.6 Å². The number of nitrogens with two attached hydrogens (primary N) is 1. The van der Waals surface area contributed by atoms with Crippen molar-refractivity contribution in [3.8, 4) is 11.5 Å². The Morgan fingerprint density at radius 3 is 2.06 bits per heavy atom. The zero-order valence-corrected chi connectivity index (χ0v) is 50.2. The number of aliphatic hydroxyl groups excluding tert-OH is 6. The fourth-order valence-corrected chi connectivity index (χ4v) is 11.9. The number of hydrogen-bond acceptors (Lipinski definition) is 22. The number of phenols is 1. The van der Waals surface area contributed by atoms with Crippen LogP contribution in [0.1, 0.15) is 60.2 Å². The van der Waals surface area contributed by atoms with Crippen molar-refractivity contribution in [3.63, 3.8) is 0 Å². The van der Waals surface area contributed by atoms with Gasteiger partial charge in [0.2, 0.25) is 41.4 Å². The van der Waals surface area contributed by atoms with Crippen LogP contribution in [0.2, 0.25) is 0 Å². The van der Waals surface area contributed by atoms with Gasteiger partial charge in [-0.05, 0) is 72.9 Å². The number of carbonyl (C=O) groups excluding carboxylic acids is 8. The molecule has 3 aromatic rings. The topological polar surface area (TPSA) is 428 Å². The first-order valence-corrected chi connectivity index (χ1v) is 28.4. The van der Waals surface area contributed by atoms with Crippen molar-refractivity contribution in [1.82, 2.24) is 41.3 Å². The van der Waals surface area contributed by atoms with Gasteiger partial charge in [0.05, 0.1) is 43.0 Å². The van der Waals surface area contributed by atoms with E-state index in [-0.39, 0.29) is 58.8 Å². The number of fused-ring (bicyclic) bond motifs is 3. The van der Waals surface area contributed by atoms with Crippen LogP contribution in [-0.2, 0) is 62.2 Å². The summed E-state index contributed by atoms with van der Waals surface area (Å²) in [6.07, 6.45) is -11.5. The second-order valence-corrected chi connectivity index (χ2v) is 22.6. The SMILES string of the molecule is CC(O)C1NC(=O)[C@@H](NC(=O)c2ccc(N3CCN(C4Cc5ccccc5C4)CC3)cc2)CC(O)CNC(=O)C2C(O)C(C)CN2C(=O)C(C(O)CC(N)=O)NC(=O)C(C(O)Cc2ccc(O)c(OSOO[O-])c2)NC(=O)C2CC(O)CN2C1=O.[Na+]. The second kappa shape index (κ2) is 30.1. The van der Waals surface area contributed by atoms with E-state index in [1.54, 1.807) is 24.3 Å². The van der Waals surface area contributed by atoms with E-state index in [2.05, 4.69) is 70.0 Å². The molecule has 8 amide bonds. The zero-order chi connectivity index (χ0) is 61.4. The third-order valence-corrected chi connectivity index (χ3v) is 16.5. The molecule has 462 valence electrons. The maximum absolute atomic E-state index is 14.7. The summed E-state index contributed by atoms with van der Waals surface area (Å²) in [4.78, 5) is 120. The summed E-state index contributed by atoms with van der Waals surface area (Å²) < 4.78 is 9.15.